The zero-order chi connectivity index (χ0) is 14.2. The maximum Gasteiger partial charge on any atom is 0.310 e. The standard InChI is InChI=1S/C9H12N2.C4H6O3/c1-8-4-3-5-9(2,11-8)6-7-10;1-3(5)7-4(2)6/h3-5,11H,6H2,1-2H3;1-2H3. The highest BCUT2D eigenvalue weighted by Gasteiger charge is 2.21. The number of hydrogen-bond acceptors (Lipinski definition) is 5. The number of rotatable bonds is 1. The Kier molecular flexibility index (Phi) is 6.43. The van der Waals surface area contributed by atoms with E-state index >= 15 is 0 Å². The molecule has 1 heterocycles. The molecule has 5 heteroatoms. The normalized spacial score (nSPS) is 20.5. The summed E-state index contributed by atoms with van der Waals surface area (Å²) in [4.78, 5) is 19.6. The smallest absolute Gasteiger partial charge is 0.310 e. The van der Waals surface area contributed by atoms with Crippen LogP contribution < -0.4 is 5.32 Å². The Bertz CT molecular complexity index is 406. The van der Waals surface area contributed by atoms with Crippen LogP contribution >= 0.6 is 0 Å². The zero-order valence-electron chi connectivity index (χ0n) is 11.1. The topological polar surface area (TPSA) is 79.2 Å². The SMILES string of the molecule is CC(=O)OC(C)=O.CC1=CC=CC(C)(CC#N)N1. The van der Waals surface area contributed by atoms with Crippen molar-refractivity contribution in [3.63, 3.8) is 0 Å². The van der Waals surface area contributed by atoms with Gasteiger partial charge < -0.3 is 10.1 Å². The lowest BCUT2D eigenvalue weighted by Gasteiger charge is -2.28. The highest BCUT2D eigenvalue weighted by Crippen LogP contribution is 2.16. The summed E-state index contributed by atoms with van der Waals surface area (Å²) in [7, 11) is 0. The van der Waals surface area contributed by atoms with Crippen LogP contribution in [0.4, 0.5) is 0 Å². The second-order valence-electron chi connectivity index (χ2n) is 4.17. The fourth-order valence-corrected chi connectivity index (χ4v) is 1.41. The molecule has 0 aliphatic carbocycles. The maximum absolute atomic E-state index is 9.81. The molecule has 0 saturated heterocycles. The highest BCUT2D eigenvalue weighted by atomic mass is 16.6. The van der Waals surface area contributed by atoms with Gasteiger partial charge in [0.25, 0.3) is 0 Å². The summed E-state index contributed by atoms with van der Waals surface area (Å²) in [6.45, 7) is 6.38. The van der Waals surface area contributed by atoms with E-state index in [4.69, 9.17) is 5.26 Å². The quantitative estimate of drug-likeness (QED) is 0.567. The van der Waals surface area contributed by atoms with E-state index in [0.29, 0.717) is 6.42 Å². The molecule has 18 heavy (non-hydrogen) atoms. The predicted octanol–water partition coefficient (Wildman–Crippen LogP) is 1.82. The molecule has 1 N–H and O–H groups in total. The number of nitrogens with zero attached hydrogens (tertiary/aromatic N) is 1. The van der Waals surface area contributed by atoms with Crippen molar-refractivity contribution in [3.05, 3.63) is 23.9 Å². The average Bonchev–Trinajstić information content (AvgIpc) is 2.15. The van der Waals surface area contributed by atoms with Crippen molar-refractivity contribution in [1.29, 1.82) is 5.26 Å². The number of carbonyl (C=O) groups excluding carboxylic acids is 2. The van der Waals surface area contributed by atoms with Gasteiger partial charge in [0.05, 0.1) is 18.0 Å². The van der Waals surface area contributed by atoms with E-state index in [1.54, 1.807) is 0 Å². The molecule has 1 unspecified atom stereocenters. The molecule has 0 saturated carbocycles. The molecule has 98 valence electrons. The minimum Gasteiger partial charge on any atom is -0.394 e. The molecule has 0 bridgehead atoms. The lowest BCUT2D eigenvalue weighted by molar-refractivity contribution is -0.156. The second-order valence-corrected chi connectivity index (χ2v) is 4.17. The molecule has 0 aromatic rings. The minimum absolute atomic E-state index is 0.159. The van der Waals surface area contributed by atoms with Crippen molar-refractivity contribution in [2.75, 3.05) is 0 Å². The third-order valence-electron chi connectivity index (χ3n) is 2.03. The van der Waals surface area contributed by atoms with Crippen molar-refractivity contribution in [2.45, 2.75) is 39.7 Å². The summed E-state index contributed by atoms with van der Waals surface area (Å²) in [6.07, 6.45) is 6.51. The van der Waals surface area contributed by atoms with Gasteiger partial charge in [-0.1, -0.05) is 12.2 Å². The number of dihydropyridines is 1. The van der Waals surface area contributed by atoms with Crippen LogP contribution in [0.5, 0.6) is 0 Å². The summed E-state index contributed by atoms with van der Waals surface area (Å²) in [6, 6.07) is 2.16. The summed E-state index contributed by atoms with van der Waals surface area (Å²) in [5.41, 5.74) is 0.957. The van der Waals surface area contributed by atoms with Gasteiger partial charge in [0.15, 0.2) is 0 Å². The van der Waals surface area contributed by atoms with E-state index in [1.807, 2.05) is 32.1 Å². The lowest BCUT2D eigenvalue weighted by atomic mass is 9.95. The summed E-state index contributed by atoms with van der Waals surface area (Å²) < 4.78 is 3.97. The molecule has 5 nitrogen and oxygen atoms in total. The van der Waals surface area contributed by atoms with E-state index in [9.17, 15) is 9.59 Å². The molecule has 1 atom stereocenters. The molecule has 0 radical (unpaired) electrons. The van der Waals surface area contributed by atoms with Crippen LogP contribution in [0.3, 0.4) is 0 Å². The number of ether oxygens (including phenoxy) is 1. The first-order chi connectivity index (χ1) is 8.29. The third kappa shape index (κ3) is 7.23. The highest BCUT2D eigenvalue weighted by molar-refractivity contribution is 5.82. The van der Waals surface area contributed by atoms with Crippen molar-refractivity contribution in [3.8, 4) is 6.07 Å². The Morgan fingerprint density at radius 1 is 1.44 bits per heavy atom. The van der Waals surface area contributed by atoms with Gasteiger partial charge in [-0.25, -0.2) is 0 Å². The molecule has 0 aromatic carbocycles. The first kappa shape index (κ1) is 15.9. The van der Waals surface area contributed by atoms with Crippen LogP contribution in [0.25, 0.3) is 0 Å². The van der Waals surface area contributed by atoms with E-state index in [2.05, 4.69) is 16.1 Å². The van der Waals surface area contributed by atoms with Crippen LogP contribution in [-0.2, 0) is 14.3 Å². The second kappa shape index (κ2) is 7.28. The molecule has 0 amide bonds. The van der Waals surface area contributed by atoms with Crippen LogP contribution in [0.1, 0.15) is 34.1 Å². The van der Waals surface area contributed by atoms with Crippen LogP contribution in [-0.4, -0.2) is 17.5 Å². The Labute approximate surface area is 107 Å². The van der Waals surface area contributed by atoms with Gasteiger partial charge in [0.1, 0.15) is 0 Å². The van der Waals surface area contributed by atoms with Crippen LogP contribution in [0.2, 0.25) is 0 Å². The van der Waals surface area contributed by atoms with E-state index in [-0.39, 0.29) is 5.54 Å². The molecular formula is C13H18N2O3. The maximum atomic E-state index is 9.81. The van der Waals surface area contributed by atoms with Gasteiger partial charge in [-0.05, 0) is 19.9 Å². The first-order valence-corrected chi connectivity index (χ1v) is 5.49. The summed E-state index contributed by atoms with van der Waals surface area (Å²) >= 11 is 0. The largest absolute Gasteiger partial charge is 0.394 e. The van der Waals surface area contributed by atoms with Crippen molar-refractivity contribution < 1.29 is 14.3 Å². The number of nitriles is 1. The number of allylic oxidation sites excluding steroid dienone is 3. The molecule has 1 aliphatic rings. The monoisotopic (exact) mass is 250 g/mol. The number of nitrogens with one attached hydrogen (secondary N) is 1. The predicted molar refractivity (Wildman–Crippen MR) is 67.1 cm³/mol. The third-order valence-corrected chi connectivity index (χ3v) is 2.03. The molecule has 0 spiro atoms. The van der Waals surface area contributed by atoms with Gasteiger partial charge in [0, 0.05) is 19.5 Å². The summed E-state index contributed by atoms with van der Waals surface area (Å²) in [5, 5.41) is 11.8. The van der Waals surface area contributed by atoms with Gasteiger partial charge in [0.2, 0.25) is 0 Å². The van der Waals surface area contributed by atoms with E-state index < -0.39 is 11.9 Å². The molecule has 1 aliphatic heterocycles. The minimum atomic E-state index is -0.562. The number of hydrogen-bond donors (Lipinski definition) is 1. The Hall–Kier alpha value is -2.09. The Morgan fingerprint density at radius 3 is 2.33 bits per heavy atom. The molecule has 1 rings (SSSR count). The van der Waals surface area contributed by atoms with Gasteiger partial charge in [-0.2, -0.15) is 5.26 Å². The number of carbonyl (C=O) groups is 2. The Balaban J connectivity index is 0.000000360. The zero-order valence-corrected chi connectivity index (χ0v) is 11.1. The Morgan fingerprint density at radius 2 is 2.00 bits per heavy atom. The average molecular weight is 250 g/mol. The fourth-order valence-electron chi connectivity index (χ4n) is 1.41. The number of esters is 2. The van der Waals surface area contributed by atoms with E-state index in [0.717, 1.165) is 5.70 Å². The lowest BCUT2D eigenvalue weighted by Crippen LogP contribution is -2.40. The molecule has 0 aromatic heterocycles. The van der Waals surface area contributed by atoms with E-state index in [1.165, 1.54) is 13.8 Å². The van der Waals surface area contributed by atoms with Crippen molar-refractivity contribution in [1.82, 2.24) is 5.32 Å². The first-order valence-electron chi connectivity index (χ1n) is 5.49. The van der Waals surface area contributed by atoms with Crippen LogP contribution in [0, 0.1) is 11.3 Å². The molecular weight excluding hydrogens is 232 g/mol. The molecule has 0 fully saturated rings. The fraction of sp³-hybridized carbons (Fsp3) is 0.462. The summed E-state index contributed by atoms with van der Waals surface area (Å²) in [5.74, 6) is -1.12. The van der Waals surface area contributed by atoms with Gasteiger partial charge in [-0.3, -0.25) is 9.59 Å². The van der Waals surface area contributed by atoms with Crippen LogP contribution in [0.15, 0.2) is 23.9 Å². The van der Waals surface area contributed by atoms with Crippen molar-refractivity contribution >= 4 is 11.9 Å². The van der Waals surface area contributed by atoms with Gasteiger partial charge in [-0.15, -0.1) is 0 Å². The van der Waals surface area contributed by atoms with Crippen molar-refractivity contribution in [2.24, 2.45) is 0 Å². The van der Waals surface area contributed by atoms with Gasteiger partial charge >= 0.3 is 11.9 Å².